The summed E-state index contributed by atoms with van der Waals surface area (Å²) in [7, 11) is 3.09. The molecule has 4 atom stereocenters. The number of benzene rings is 3. The van der Waals surface area contributed by atoms with Gasteiger partial charge in [-0.1, -0.05) is 43.3 Å². The Morgan fingerprint density at radius 2 is 1.69 bits per heavy atom. The van der Waals surface area contributed by atoms with E-state index in [1.807, 2.05) is 24.3 Å². The molecule has 1 aliphatic heterocycles. The van der Waals surface area contributed by atoms with Gasteiger partial charge in [0, 0.05) is 43.1 Å². The number of aryl methyl sites for hydroxylation is 1. The number of ketones is 1. The zero-order valence-corrected chi connectivity index (χ0v) is 33.6. The number of Topliss-reactive ketones (excluding diaryl/α,β-unsaturated/α-hetero) is 1. The Labute approximate surface area is 338 Å². The fraction of sp³-hybridized carbons (Fsp3) is 0.357. The van der Waals surface area contributed by atoms with E-state index in [1.165, 1.54) is 48.8 Å². The molecular formula is C42H45FN6O8S. The lowest BCUT2D eigenvalue weighted by atomic mass is 9.95. The number of hydrogen-bond donors (Lipinski definition) is 3. The van der Waals surface area contributed by atoms with Gasteiger partial charge in [0.25, 0.3) is 5.91 Å². The Balaban J connectivity index is 1.26. The minimum absolute atomic E-state index is 0.0177. The second kappa shape index (κ2) is 18.4. The monoisotopic (exact) mass is 812 g/mol. The summed E-state index contributed by atoms with van der Waals surface area (Å²) in [5, 5.41) is 12.2. The van der Waals surface area contributed by atoms with Crippen molar-refractivity contribution < 1.29 is 42.4 Å². The van der Waals surface area contributed by atoms with E-state index in [0.29, 0.717) is 41.3 Å². The van der Waals surface area contributed by atoms with Crippen molar-refractivity contribution in [3.8, 4) is 11.5 Å². The topological polar surface area (TPSA) is 182 Å². The van der Waals surface area contributed by atoms with Crippen molar-refractivity contribution in [2.45, 2.75) is 64.7 Å². The van der Waals surface area contributed by atoms with Crippen LogP contribution in [-0.2, 0) is 27.3 Å². The van der Waals surface area contributed by atoms with Crippen LogP contribution < -0.4 is 25.4 Å². The fourth-order valence-electron chi connectivity index (χ4n) is 6.83. The zero-order chi connectivity index (χ0) is 41.5. The molecule has 3 heterocycles. The number of thiazole rings is 1. The summed E-state index contributed by atoms with van der Waals surface area (Å²) in [6, 6.07) is 15.9. The molecule has 4 amide bonds. The minimum Gasteiger partial charge on any atom is -0.497 e. The minimum atomic E-state index is -1.28. The quantitative estimate of drug-likeness (QED) is 0.108. The number of likely N-dealkylation sites (tertiary alicyclic amines) is 1. The molecule has 0 radical (unpaired) electrons. The van der Waals surface area contributed by atoms with Crippen molar-refractivity contribution in [3.05, 3.63) is 106 Å². The summed E-state index contributed by atoms with van der Waals surface area (Å²) in [5.74, 6) is -2.67. The summed E-state index contributed by atoms with van der Waals surface area (Å²) < 4.78 is 30.6. The van der Waals surface area contributed by atoms with Crippen LogP contribution in [-0.4, -0.2) is 83.3 Å². The van der Waals surface area contributed by atoms with Gasteiger partial charge in [-0.2, -0.15) is 0 Å². The second-order valence-corrected chi connectivity index (χ2v) is 15.5. The smallest absolute Gasteiger partial charge is 0.274 e. The van der Waals surface area contributed by atoms with Gasteiger partial charge in [0.15, 0.2) is 10.7 Å². The summed E-state index contributed by atoms with van der Waals surface area (Å²) in [6.45, 7) is 5.76. The van der Waals surface area contributed by atoms with Crippen molar-refractivity contribution >= 4 is 51.0 Å². The molecule has 16 heteroatoms. The average Bonchev–Trinajstić information content (AvgIpc) is 3.95. The number of carbonyl (C=O) groups excluding carboxylic acids is 5. The van der Waals surface area contributed by atoms with Gasteiger partial charge >= 0.3 is 0 Å². The maximum atomic E-state index is 14.4. The molecule has 0 saturated carbocycles. The highest BCUT2D eigenvalue weighted by molar-refractivity contribution is 7.20. The lowest BCUT2D eigenvalue weighted by Crippen LogP contribution is -2.57. The second-order valence-electron chi connectivity index (χ2n) is 14.5. The Morgan fingerprint density at radius 1 is 0.948 bits per heavy atom. The van der Waals surface area contributed by atoms with Crippen LogP contribution >= 0.6 is 11.3 Å². The molecule has 58 heavy (non-hydrogen) atoms. The molecule has 1 fully saturated rings. The van der Waals surface area contributed by atoms with E-state index in [4.69, 9.17) is 14.0 Å². The molecule has 5 aromatic rings. The number of fused-ring (bicyclic) bond motifs is 1. The van der Waals surface area contributed by atoms with Gasteiger partial charge in [0.1, 0.15) is 35.2 Å². The van der Waals surface area contributed by atoms with E-state index in [-0.39, 0.29) is 36.0 Å². The number of nitrogens with one attached hydrogen (secondary N) is 3. The van der Waals surface area contributed by atoms with Crippen LogP contribution in [0, 0.1) is 24.6 Å². The molecule has 3 N–H and O–H groups in total. The summed E-state index contributed by atoms with van der Waals surface area (Å²) >= 11 is 1.18. The van der Waals surface area contributed by atoms with Crippen molar-refractivity contribution in [3.63, 3.8) is 0 Å². The maximum Gasteiger partial charge on any atom is 0.274 e. The highest BCUT2D eigenvalue weighted by Crippen LogP contribution is 2.31. The first kappa shape index (κ1) is 41.5. The van der Waals surface area contributed by atoms with Gasteiger partial charge in [-0.05, 0) is 67.6 Å². The third-order valence-electron chi connectivity index (χ3n) is 10.0. The van der Waals surface area contributed by atoms with Crippen LogP contribution in [0.25, 0.3) is 10.2 Å². The molecule has 1 aliphatic rings. The Kier molecular flexibility index (Phi) is 13.2. The van der Waals surface area contributed by atoms with Crippen LogP contribution in [0.4, 0.5) is 4.39 Å². The number of amides is 4. The van der Waals surface area contributed by atoms with Gasteiger partial charge in [0.2, 0.25) is 23.5 Å². The standard InChI is InChI=1S/C42H45FN6O8S/c1-23(2)36(47-39(52)33-18-24(3)57-48-33)40(53)45-32(19-25-10-13-28(43)14-11-25)38(51)44-31(37(50)41-46-30-8-6-7-9-35(30)58-41)20-26-16-17-49(42(26)54)22-27-12-15-29(55-4)21-34(27)56-5/h6-15,18,21,23,26,31-32,36H,16-17,19-20,22H2,1-5H3,(H,44,51)(H,45,53)(H,47,52)/t26-,31-,32-,36-/m0/s1. The largest absolute Gasteiger partial charge is 0.497 e. The number of para-hydroxylation sites is 1. The van der Waals surface area contributed by atoms with Crippen molar-refractivity contribution in [1.29, 1.82) is 0 Å². The molecule has 304 valence electrons. The number of methoxy groups -OCH3 is 2. The molecular weight excluding hydrogens is 768 g/mol. The van der Waals surface area contributed by atoms with Crippen LogP contribution in [0.5, 0.6) is 11.5 Å². The number of ether oxygens (including phenoxy) is 2. The Bertz CT molecular complexity index is 2260. The Hall–Kier alpha value is -6.16. The van der Waals surface area contributed by atoms with Crippen molar-refractivity contribution in [2.24, 2.45) is 11.8 Å². The predicted molar refractivity (Wildman–Crippen MR) is 213 cm³/mol. The summed E-state index contributed by atoms with van der Waals surface area (Å²) in [5.41, 5.74) is 1.89. The number of carbonyl (C=O) groups is 5. The lowest BCUT2D eigenvalue weighted by Gasteiger charge is -2.27. The van der Waals surface area contributed by atoms with Gasteiger partial charge in [0.05, 0.1) is 30.5 Å². The summed E-state index contributed by atoms with van der Waals surface area (Å²) in [4.78, 5) is 75.8. The number of rotatable bonds is 17. The molecule has 2 aromatic heterocycles. The van der Waals surface area contributed by atoms with Gasteiger partial charge in [-0.15, -0.1) is 11.3 Å². The van der Waals surface area contributed by atoms with Crippen LogP contribution in [0.1, 0.15) is 63.9 Å². The molecule has 0 unspecified atom stereocenters. The van der Waals surface area contributed by atoms with Crippen LogP contribution in [0.3, 0.4) is 0 Å². The van der Waals surface area contributed by atoms with Crippen molar-refractivity contribution in [1.82, 2.24) is 31.0 Å². The number of aromatic nitrogens is 2. The zero-order valence-electron chi connectivity index (χ0n) is 32.7. The highest BCUT2D eigenvalue weighted by atomic mass is 32.1. The van der Waals surface area contributed by atoms with Crippen molar-refractivity contribution in [2.75, 3.05) is 20.8 Å². The number of hydrogen-bond acceptors (Lipinski definition) is 11. The predicted octanol–water partition coefficient (Wildman–Crippen LogP) is 5.04. The van der Waals surface area contributed by atoms with E-state index >= 15 is 0 Å². The molecule has 6 rings (SSSR count). The molecule has 3 aromatic carbocycles. The average molecular weight is 813 g/mol. The van der Waals surface area contributed by atoms with Crippen LogP contribution in [0.15, 0.2) is 77.3 Å². The van der Waals surface area contributed by atoms with E-state index in [1.54, 1.807) is 51.0 Å². The fourth-order valence-corrected chi connectivity index (χ4v) is 7.79. The molecule has 1 saturated heterocycles. The third kappa shape index (κ3) is 9.85. The normalized spacial score (nSPS) is 15.5. The lowest BCUT2D eigenvalue weighted by molar-refractivity contribution is -0.132. The number of halogens is 1. The highest BCUT2D eigenvalue weighted by Gasteiger charge is 2.38. The molecule has 14 nitrogen and oxygen atoms in total. The third-order valence-corrected chi connectivity index (χ3v) is 11.1. The molecule has 0 bridgehead atoms. The SMILES string of the molecule is COc1ccc(CN2CC[C@@H](C[C@H](NC(=O)[C@H](Cc3ccc(F)cc3)NC(=O)[C@@H](NC(=O)c3cc(C)on3)C(C)C)C(=O)c3nc4ccccc4s3)C2=O)c(OC)c1. The first-order valence-corrected chi connectivity index (χ1v) is 19.6. The first-order valence-electron chi connectivity index (χ1n) is 18.8. The number of nitrogens with zero attached hydrogens (tertiary/aromatic N) is 3. The van der Waals surface area contributed by atoms with E-state index < -0.39 is 59.3 Å². The van der Waals surface area contributed by atoms with E-state index in [9.17, 15) is 28.4 Å². The van der Waals surface area contributed by atoms with Crippen LogP contribution in [0.2, 0.25) is 0 Å². The Morgan fingerprint density at radius 3 is 2.36 bits per heavy atom. The first-order chi connectivity index (χ1) is 27.8. The maximum absolute atomic E-state index is 14.4. The van der Waals surface area contributed by atoms with Gasteiger partial charge in [-0.3, -0.25) is 24.0 Å². The molecule has 0 aliphatic carbocycles. The van der Waals surface area contributed by atoms with Gasteiger partial charge < -0.3 is 34.8 Å². The molecule has 0 spiro atoms. The summed E-state index contributed by atoms with van der Waals surface area (Å²) in [6.07, 6.45) is 0.308. The van der Waals surface area contributed by atoms with E-state index in [2.05, 4.69) is 26.1 Å². The van der Waals surface area contributed by atoms with Gasteiger partial charge in [-0.25, -0.2) is 9.37 Å². The van der Waals surface area contributed by atoms with E-state index in [0.717, 1.165) is 10.3 Å².